The number of thiazole rings is 1. The maximum absolute atomic E-state index is 11.4. The Morgan fingerprint density at radius 2 is 2.33 bits per heavy atom. The first-order chi connectivity index (χ1) is 8.69. The van der Waals surface area contributed by atoms with Crippen molar-refractivity contribution in [3.05, 3.63) is 39.8 Å². The van der Waals surface area contributed by atoms with E-state index in [1.165, 1.54) is 15.9 Å². The van der Waals surface area contributed by atoms with Gasteiger partial charge in [-0.3, -0.25) is 4.57 Å². The Kier molecular flexibility index (Phi) is 2.53. The van der Waals surface area contributed by atoms with Crippen molar-refractivity contribution in [3.8, 4) is 10.6 Å². The fraction of sp³-hybridized carbons (Fsp3) is 0.167. The molecule has 0 atom stereocenters. The van der Waals surface area contributed by atoms with Gasteiger partial charge in [0.2, 0.25) is 0 Å². The number of oxazole rings is 1. The van der Waals surface area contributed by atoms with Gasteiger partial charge < -0.3 is 10.2 Å². The maximum Gasteiger partial charge on any atom is 0.419 e. The Hall–Kier alpha value is -1.92. The lowest BCUT2D eigenvalue weighted by atomic mass is 10.2. The number of nitrogens with zero attached hydrogens (tertiary/aromatic N) is 2. The number of fused-ring (bicyclic) bond motifs is 1. The monoisotopic (exact) mass is 261 g/mol. The largest absolute Gasteiger partial charge is 0.419 e. The minimum atomic E-state index is -0.357. The summed E-state index contributed by atoms with van der Waals surface area (Å²) in [5.41, 5.74) is 8.73. The zero-order valence-electron chi connectivity index (χ0n) is 9.71. The third kappa shape index (κ3) is 1.66. The molecule has 3 rings (SSSR count). The lowest BCUT2D eigenvalue weighted by Gasteiger charge is -1.97. The van der Waals surface area contributed by atoms with Crippen molar-refractivity contribution in [3.63, 3.8) is 0 Å². The number of rotatable bonds is 2. The van der Waals surface area contributed by atoms with Crippen LogP contribution in [-0.2, 0) is 13.6 Å². The molecule has 0 spiro atoms. The second-order valence-corrected chi connectivity index (χ2v) is 4.82. The van der Waals surface area contributed by atoms with E-state index in [2.05, 4.69) is 4.98 Å². The van der Waals surface area contributed by atoms with Gasteiger partial charge in [0.15, 0.2) is 5.58 Å². The van der Waals surface area contributed by atoms with Crippen molar-refractivity contribution in [1.29, 1.82) is 0 Å². The molecule has 0 bridgehead atoms. The van der Waals surface area contributed by atoms with Crippen molar-refractivity contribution in [1.82, 2.24) is 9.55 Å². The molecule has 2 N–H and O–H groups in total. The van der Waals surface area contributed by atoms with E-state index in [0.29, 0.717) is 12.1 Å². The predicted octanol–water partition coefficient (Wildman–Crippen LogP) is 1.71. The number of benzene rings is 1. The molecule has 18 heavy (non-hydrogen) atoms. The molecule has 5 nitrogen and oxygen atoms in total. The van der Waals surface area contributed by atoms with E-state index in [4.69, 9.17) is 10.2 Å². The van der Waals surface area contributed by atoms with Crippen LogP contribution in [0.3, 0.4) is 0 Å². The van der Waals surface area contributed by atoms with Gasteiger partial charge in [-0.15, -0.1) is 11.3 Å². The minimum absolute atomic E-state index is 0.357. The maximum atomic E-state index is 11.4. The van der Waals surface area contributed by atoms with Gasteiger partial charge in [0.25, 0.3) is 0 Å². The van der Waals surface area contributed by atoms with Gasteiger partial charge in [-0.1, -0.05) is 0 Å². The molecule has 0 aliphatic carbocycles. The third-order valence-corrected chi connectivity index (χ3v) is 3.74. The highest BCUT2D eigenvalue weighted by Gasteiger charge is 2.09. The zero-order chi connectivity index (χ0) is 12.7. The van der Waals surface area contributed by atoms with Gasteiger partial charge in [-0.05, 0) is 18.2 Å². The lowest BCUT2D eigenvalue weighted by Crippen LogP contribution is -2.08. The van der Waals surface area contributed by atoms with Crippen LogP contribution in [0.1, 0.15) is 5.69 Å². The molecule has 0 aliphatic rings. The van der Waals surface area contributed by atoms with Crippen molar-refractivity contribution >= 4 is 22.4 Å². The van der Waals surface area contributed by atoms with E-state index in [9.17, 15) is 4.79 Å². The van der Waals surface area contributed by atoms with Crippen molar-refractivity contribution in [2.75, 3.05) is 0 Å². The second-order valence-electron chi connectivity index (χ2n) is 3.96. The van der Waals surface area contributed by atoms with E-state index < -0.39 is 0 Å². The molecule has 0 amide bonds. The average Bonchev–Trinajstić information content (AvgIpc) is 2.96. The fourth-order valence-electron chi connectivity index (χ4n) is 1.79. The Balaban J connectivity index is 2.18. The van der Waals surface area contributed by atoms with Crippen LogP contribution in [0, 0.1) is 0 Å². The van der Waals surface area contributed by atoms with Gasteiger partial charge in [0.1, 0.15) is 5.01 Å². The summed E-state index contributed by atoms with van der Waals surface area (Å²) >= 11 is 1.54. The van der Waals surface area contributed by atoms with Crippen LogP contribution in [0.2, 0.25) is 0 Å². The molecule has 0 aliphatic heterocycles. The Labute approximate surface area is 106 Å². The van der Waals surface area contributed by atoms with E-state index in [0.717, 1.165) is 21.8 Å². The summed E-state index contributed by atoms with van der Waals surface area (Å²) in [5, 5.41) is 2.83. The molecule has 2 aromatic heterocycles. The van der Waals surface area contributed by atoms with Crippen molar-refractivity contribution < 1.29 is 4.42 Å². The predicted molar refractivity (Wildman–Crippen MR) is 70.5 cm³/mol. The van der Waals surface area contributed by atoms with Gasteiger partial charge in [-0.25, -0.2) is 9.78 Å². The summed E-state index contributed by atoms with van der Waals surface area (Å²) < 4.78 is 6.57. The highest BCUT2D eigenvalue weighted by atomic mass is 32.1. The number of hydrogen-bond donors (Lipinski definition) is 1. The number of hydrogen-bond acceptors (Lipinski definition) is 5. The minimum Gasteiger partial charge on any atom is -0.408 e. The summed E-state index contributed by atoms with van der Waals surface area (Å²) in [6.45, 7) is 0.433. The molecule has 0 radical (unpaired) electrons. The Bertz CT molecular complexity index is 769. The molecule has 6 heteroatoms. The van der Waals surface area contributed by atoms with E-state index >= 15 is 0 Å². The standard InChI is InChI=1S/C12H11N3O2S/c1-15-9-4-7(2-3-10(9)17-12(15)16)11-14-8(5-13)6-18-11/h2-4,6H,5,13H2,1H3. The molecule has 2 heterocycles. The fourth-order valence-corrected chi connectivity index (χ4v) is 2.62. The summed E-state index contributed by atoms with van der Waals surface area (Å²) in [4.78, 5) is 15.8. The first-order valence-corrected chi connectivity index (χ1v) is 6.31. The lowest BCUT2D eigenvalue weighted by molar-refractivity contribution is 0.528. The molecule has 0 unspecified atom stereocenters. The van der Waals surface area contributed by atoms with Crippen LogP contribution in [0.15, 0.2) is 32.8 Å². The summed E-state index contributed by atoms with van der Waals surface area (Å²) in [6.07, 6.45) is 0. The van der Waals surface area contributed by atoms with Gasteiger partial charge in [-0.2, -0.15) is 0 Å². The summed E-state index contributed by atoms with van der Waals surface area (Å²) in [6, 6.07) is 5.58. The quantitative estimate of drug-likeness (QED) is 0.762. The molecule has 0 fully saturated rings. The first kappa shape index (κ1) is 11.2. The molecule has 1 aromatic carbocycles. The molecular weight excluding hydrogens is 250 g/mol. The highest BCUT2D eigenvalue weighted by molar-refractivity contribution is 7.13. The third-order valence-electron chi connectivity index (χ3n) is 2.80. The van der Waals surface area contributed by atoms with Crippen LogP contribution in [0.25, 0.3) is 21.7 Å². The van der Waals surface area contributed by atoms with Crippen LogP contribution in [0.5, 0.6) is 0 Å². The van der Waals surface area contributed by atoms with Gasteiger partial charge in [0, 0.05) is 24.5 Å². The summed E-state index contributed by atoms with van der Waals surface area (Å²) in [7, 11) is 1.69. The molecular formula is C12H11N3O2S. The van der Waals surface area contributed by atoms with Crippen LogP contribution in [-0.4, -0.2) is 9.55 Å². The Morgan fingerprint density at radius 3 is 3.06 bits per heavy atom. The number of aryl methyl sites for hydroxylation is 1. The molecule has 92 valence electrons. The van der Waals surface area contributed by atoms with Crippen LogP contribution in [0.4, 0.5) is 0 Å². The van der Waals surface area contributed by atoms with Crippen molar-refractivity contribution in [2.45, 2.75) is 6.54 Å². The smallest absolute Gasteiger partial charge is 0.408 e. The normalized spacial score (nSPS) is 11.2. The number of aromatic nitrogens is 2. The van der Waals surface area contributed by atoms with Gasteiger partial charge >= 0.3 is 5.76 Å². The molecule has 3 aromatic rings. The average molecular weight is 261 g/mol. The highest BCUT2D eigenvalue weighted by Crippen LogP contribution is 2.26. The zero-order valence-corrected chi connectivity index (χ0v) is 10.5. The van der Waals surface area contributed by atoms with E-state index in [1.807, 2.05) is 17.5 Å². The van der Waals surface area contributed by atoms with Crippen LogP contribution < -0.4 is 11.5 Å². The van der Waals surface area contributed by atoms with Crippen molar-refractivity contribution in [2.24, 2.45) is 12.8 Å². The number of nitrogens with two attached hydrogens (primary N) is 1. The molecule has 0 saturated carbocycles. The Morgan fingerprint density at radius 1 is 1.50 bits per heavy atom. The molecule has 0 saturated heterocycles. The van der Waals surface area contributed by atoms with E-state index in [-0.39, 0.29) is 5.76 Å². The SMILES string of the molecule is Cn1c(=O)oc2ccc(-c3nc(CN)cs3)cc21. The topological polar surface area (TPSA) is 74.0 Å². The summed E-state index contributed by atoms with van der Waals surface area (Å²) in [5.74, 6) is -0.357. The van der Waals surface area contributed by atoms with E-state index in [1.54, 1.807) is 13.1 Å². The van der Waals surface area contributed by atoms with Gasteiger partial charge in [0.05, 0.1) is 11.2 Å². The second kappa shape index (κ2) is 4.08. The van der Waals surface area contributed by atoms with Crippen LogP contribution >= 0.6 is 11.3 Å². The first-order valence-electron chi connectivity index (χ1n) is 5.43.